The van der Waals surface area contributed by atoms with Gasteiger partial charge in [0.2, 0.25) is 0 Å². The minimum absolute atomic E-state index is 0.0979. The molecule has 2 aromatic rings. The minimum Gasteiger partial charge on any atom is -0.352 e. The van der Waals surface area contributed by atoms with Gasteiger partial charge in [-0.25, -0.2) is 14.8 Å². The van der Waals surface area contributed by atoms with Gasteiger partial charge >= 0.3 is 6.03 Å². The zero-order valence-corrected chi connectivity index (χ0v) is 18.3. The van der Waals surface area contributed by atoms with Crippen LogP contribution in [0.5, 0.6) is 0 Å². The lowest BCUT2D eigenvalue weighted by molar-refractivity contribution is 0.168. The molecule has 6 nitrogen and oxygen atoms in total. The van der Waals surface area contributed by atoms with Crippen molar-refractivity contribution in [1.29, 1.82) is 0 Å². The van der Waals surface area contributed by atoms with Gasteiger partial charge in [0.1, 0.15) is 16.5 Å². The summed E-state index contributed by atoms with van der Waals surface area (Å²) in [7, 11) is 3.64. The van der Waals surface area contributed by atoms with Gasteiger partial charge in [0.05, 0.1) is 5.39 Å². The molecule has 4 rings (SSSR count). The molecule has 7 heteroatoms. The largest absolute Gasteiger partial charge is 0.352 e. The second kappa shape index (κ2) is 7.85. The van der Waals surface area contributed by atoms with Crippen molar-refractivity contribution in [3.8, 4) is 0 Å². The zero-order valence-electron chi connectivity index (χ0n) is 17.5. The predicted octanol–water partition coefficient (Wildman–Crippen LogP) is 3.89. The van der Waals surface area contributed by atoms with Gasteiger partial charge in [-0.05, 0) is 37.7 Å². The van der Waals surface area contributed by atoms with Gasteiger partial charge in [0, 0.05) is 51.1 Å². The maximum Gasteiger partial charge on any atom is 0.319 e. The summed E-state index contributed by atoms with van der Waals surface area (Å²) in [6.07, 6.45) is 5.91. The van der Waals surface area contributed by atoms with E-state index in [1.807, 2.05) is 30.3 Å². The van der Waals surface area contributed by atoms with Gasteiger partial charge in [-0.3, -0.25) is 0 Å². The van der Waals surface area contributed by atoms with E-state index < -0.39 is 0 Å². The maximum absolute atomic E-state index is 12.3. The molecular weight excluding hydrogens is 370 g/mol. The molecule has 152 valence electrons. The van der Waals surface area contributed by atoms with Crippen molar-refractivity contribution in [1.82, 2.24) is 19.8 Å². The molecule has 2 aromatic heterocycles. The molecular formula is C21H31N5OS. The van der Waals surface area contributed by atoms with Crippen molar-refractivity contribution in [2.24, 2.45) is 0 Å². The van der Waals surface area contributed by atoms with Crippen LogP contribution in [-0.2, 0) is 12.8 Å². The monoisotopic (exact) mass is 401 g/mol. The Morgan fingerprint density at radius 1 is 1.14 bits per heavy atom. The third kappa shape index (κ3) is 3.45. The molecule has 0 N–H and O–H groups in total. The molecule has 28 heavy (non-hydrogen) atoms. The highest BCUT2D eigenvalue weighted by Gasteiger charge is 2.28. The zero-order chi connectivity index (χ0) is 19.8. The van der Waals surface area contributed by atoms with Gasteiger partial charge < -0.3 is 14.7 Å². The highest BCUT2D eigenvalue weighted by molar-refractivity contribution is 7.19. The van der Waals surface area contributed by atoms with E-state index in [9.17, 15) is 4.79 Å². The van der Waals surface area contributed by atoms with E-state index in [0.29, 0.717) is 5.92 Å². The van der Waals surface area contributed by atoms with Crippen LogP contribution in [0.1, 0.15) is 55.3 Å². The van der Waals surface area contributed by atoms with Crippen LogP contribution >= 0.6 is 11.3 Å². The van der Waals surface area contributed by atoms with Crippen molar-refractivity contribution in [2.45, 2.75) is 51.9 Å². The highest BCUT2D eigenvalue weighted by atomic mass is 32.1. The van der Waals surface area contributed by atoms with E-state index in [-0.39, 0.29) is 6.03 Å². The van der Waals surface area contributed by atoms with E-state index in [4.69, 9.17) is 9.97 Å². The summed E-state index contributed by atoms with van der Waals surface area (Å²) in [6, 6.07) is 0.0979. The number of nitrogens with zero attached hydrogens (tertiary/aromatic N) is 5. The van der Waals surface area contributed by atoms with Crippen molar-refractivity contribution in [3.63, 3.8) is 0 Å². The molecule has 0 bridgehead atoms. The SMILES string of the molecule is CC[C@@H](C)c1nc(N2CCN(C(=O)N(C)C)CC2)c2c3c(sc2n1)CCCC3. The summed E-state index contributed by atoms with van der Waals surface area (Å²) < 4.78 is 0. The van der Waals surface area contributed by atoms with Crippen LogP contribution in [0.3, 0.4) is 0 Å². The Labute approximate surface area is 171 Å². The fraction of sp³-hybridized carbons (Fsp3) is 0.667. The quantitative estimate of drug-likeness (QED) is 0.783. The van der Waals surface area contributed by atoms with Crippen LogP contribution in [0.15, 0.2) is 0 Å². The van der Waals surface area contributed by atoms with E-state index in [1.165, 1.54) is 39.9 Å². The third-order valence-corrected chi connectivity index (χ3v) is 7.28. The van der Waals surface area contributed by atoms with Gasteiger partial charge in [0.25, 0.3) is 0 Å². The fourth-order valence-corrected chi connectivity index (χ4v) is 5.44. The van der Waals surface area contributed by atoms with E-state index in [0.717, 1.165) is 50.7 Å². The molecule has 1 saturated heterocycles. The van der Waals surface area contributed by atoms with E-state index >= 15 is 0 Å². The van der Waals surface area contributed by atoms with Gasteiger partial charge in [0.15, 0.2) is 0 Å². The molecule has 0 saturated carbocycles. The molecule has 0 aromatic carbocycles. The summed E-state index contributed by atoms with van der Waals surface area (Å²) in [5, 5.41) is 1.29. The third-order valence-electron chi connectivity index (χ3n) is 6.10. The lowest BCUT2D eigenvalue weighted by Crippen LogP contribution is -2.51. The number of carbonyl (C=O) groups excluding carboxylic acids is 1. The molecule has 0 radical (unpaired) electrons. The topological polar surface area (TPSA) is 52.6 Å². The highest BCUT2D eigenvalue weighted by Crippen LogP contribution is 2.40. The van der Waals surface area contributed by atoms with Crippen molar-refractivity contribution in [3.05, 3.63) is 16.3 Å². The normalized spacial score (nSPS) is 18.3. The Balaban J connectivity index is 1.71. The summed E-state index contributed by atoms with van der Waals surface area (Å²) in [6.45, 7) is 7.56. The first-order valence-electron chi connectivity index (χ1n) is 10.5. The summed E-state index contributed by atoms with van der Waals surface area (Å²) >= 11 is 1.88. The van der Waals surface area contributed by atoms with Crippen LogP contribution in [0.2, 0.25) is 0 Å². The van der Waals surface area contributed by atoms with Gasteiger partial charge in [-0.15, -0.1) is 11.3 Å². The number of rotatable bonds is 3. The number of aryl methyl sites for hydroxylation is 2. The van der Waals surface area contributed by atoms with Crippen molar-refractivity contribution in [2.75, 3.05) is 45.2 Å². The first-order valence-corrected chi connectivity index (χ1v) is 11.3. The Bertz CT molecular complexity index is 869. The molecule has 2 aliphatic rings. The average molecular weight is 402 g/mol. The first kappa shape index (κ1) is 19.4. The second-order valence-electron chi connectivity index (χ2n) is 8.26. The lowest BCUT2D eigenvalue weighted by Gasteiger charge is -2.37. The predicted molar refractivity (Wildman–Crippen MR) is 116 cm³/mol. The van der Waals surface area contributed by atoms with Crippen LogP contribution < -0.4 is 4.90 Å². The summed E-state index contributed by atoms with van der Waals surface area (Å²) in [5.74, 6) is 2.44. The van der Waals surface area contributed by atoms with Crippen LogP contribution in [0.25, 0.3) is 10.2 Å². The van der Waals surface area contributed by atoms with Crippen molar-refractivity contribution < 1.29 is 4.79 Å². The number of hydrogen-bond acceptors (Lipinski definition) is 5. The average Bonchev–Trinajstić information content (AvgIpc) is 3.10. The molecule has 0 unspecified atom stereocenters. The summed E-state index contributed by atoms with van der Waals surface area (Å²) in [5.41, 5.74) is 1.49. The number of amides is 2. The number of piperazine rings is 1. The number of hydrogen-bond donors (Lipinski definition) is 0. The van der Waals surface area contributed by atoms with E-state index in [2.05, 4.69) is 18.7 Å². The molecule has 1 aliphatic carbocycles. The second-order valence-corrected chi connectivity index (χ2v) is 9.34. The molecule has 1 fully saturated rings. The standard InChI is InChI=1S/C21H31N5OS/c1-5-14(2)18-22-19(25-10-12-26(13-11-25)21(27)24(3)4)17-15-8-6-7-9-16(15)28-20(17)23-18/h14H,5-13H2,1-4H3/t14-/m1/s1. The van der Waals surface area contributed by atoms with Gasteiger partial charge in [-0.1, -0.05) is 13.8 Å². The number of urea groups is 1. The molecule has 1 aliphatic heterocycles. The Morgan fingerprint density at radius 3 is 2.54 bits per heavy atom. The minimum atomic E-state index is 0.0979. The number of carbonyl (C=O) groups is 1. The fourth-order valence-electron chi connectivity index (χ4n) is 4.18. The number of fused-ring (bicyclic) bond motifs is 3. The molecule has 0 spiro atoms. The van der Waals surface area contributed by atoms with E-state index in [1.54, 1.807) is 4.90 Å². The number of anilines is 1. The Kier molecular flexibility index (Phi) is 5.45. The number of thiophene rings is 1. The number of aromatic nitrogens is 2. The summed E-state index contributed by atoms with van der Waals surface area (Å²) in [4.78, 5) is 31.0. The first-order chi connectivity index (χ1) is 13.5. The Hall–Kier alpha value is -1.89. The van der Waals surface area contributed by atoms with Crippen LogP contribution in [0.4, 0.5) is 10.6 Å². The van der Waals surface area contributed by atoms with Crippen molar-refractivity contribution >= 4 is 33.4 Å². The van der Waals surface area contributed by atoms with Crippen LogP contribution in [-0.4, -0.2) is 66.1 Å². The van der Waals surface area contributed by atoms with Crippen LogP contribution in [0, 0.1) is 0 Å². The van der Waals surface area contributed by atoms with Gasteiger partial charge in [-0.2, -0.15) is 0 Å². The lowest BCUT2D eigenvalue weighted by atomic mass is 9.96. The molecule has 3 heterocycles. The Morgan fingerprint density at radius 2 is 1.86 bits per heavy atom. The maximum atomic E-state index is 12.3. The molecule has 2 amide bonds. The molecule has 1 atom stereocenters. The smallest absolute Gasteiger partial charge is 0.319 e.